The number of hydrogen-bond acceptors (Lipinski definition) is 12. The first kappa shape index (κ1) is 44.4. The molecule has 0 saturated carbocycles. The average molecular weight is 839 g/mol. The number of rotatable bonds is 18. The van der Waals surface area contributed by atoms with Crippen LogP contribution in [-0.2, 0) is 24.1 Å². The molecule has 6 rings (SSSR count). The summed E-state index contributed by atoms with van der Waals surface area (Å²) in [4.78, 5) is 31.9. The molecular formula is C44H55N8O7P. The summed E-state index contributed by atoms with van der Waals surface area (Å²) in [6, 6.07) is 28.0. The van der Waals surface area contributed by atoms with Gasteiger partial charge in [0.05, 0.1) is 52.4 Å². The lowest BCUT2D eigenvalue weighted by molar-refractivity contribution is -0.0911. The van der Waals surface area contributed by atoms with E-state index in [0.29, 0.717) is 23.8 Å². The van der Waals surface area contributed by atoms with E-state index in [1.807, 2.05) is 105 Å². The molecule has 0 radical (unpaired) electrons. The molecular weight excluding hydrogens is 784 g/mol. The van der Waals surface area contributed by atoms with E-state index >= 15 is 0 Å². The molecule has 0 amide bonds. The van der Waals surface area contributed by atoms with Crippen LogP contribution < -0.4 is 15.0 Å². The lowest BCUT2D eigenvalue weighted by Gasteiger charge is -2.39. The molecule has 1 unspecified atom stereocenters. The number of imidazole rings is 1. The van der Waals surface area contributed by atoms with Gasteiger partial charge < -0.3 is 32.9 Å². The molecule has 0 bridgehead atoms. The van der Waals surface area contributed by atoms with Crippen LogP contribution in [0.4, 0.5) is 5.95 Å². The molecule has 15 nitrogen and oxygen atoms in total. The number of H-pyrrole nitrogens is 1. The van der Waals surface area contributed by atoms with Crippen molar-refractivity contribution in [3.63, 3.8) is 0 Å². The van der Waals surface area contributed by atoms with Crippen LogP contribution in [0.3, 0.4) is 0 Å². The minimum Gasteiger partial charge on any atom is -0.497 e. The lowest BCUT2D eigenvalue weighted by Crippen LogP contribution is -2.39. The molecule has 1 aliphatic heterocycles. The first-order valence-electron chi connectivity index (χ1n) is 20.0. The first-order chi connectivity index (χ1) is 28.9. The van der Waals surface area contributed by atoms with E-state index in [1.165, 1.54) is 0 Å². The highest BCUT2D eigenvalue weighted by molar-refractivity contribution is 7.44. The van der Waals surface area contributed by atoms with Crippen molar-refractivity contribution in [1.82, 2.24) is 29.1 Å². The van der Waals surface area contributed by atoms with Gasteiger partial charge in [-0.2, -0.15) is 10.2 Å². The third kappa shape index (κ3) is 9.71. The third-order valence-corrected chi connectivity index (χ3v) is 12.5. The van der Waals surface area contributed by atoms with Gasteiger partial charge in [0, 0.05) is 32.6 Å². The zero-order valence-electron chi connectivity index (χ0n) is 35.7. The second kappa shape index (κ2) is 19.9. The van der Waals surface area contributed by atoms with Crippen LogP contribution in [0, 0.1) is 11.3 Å². The average Bonchev–Trinajstić information content (AvgIpc) is 3.86. The largest absolute Gasteiger partial charge is 0.497 e. The van der Waals surface area contributed by atoms with Gasteiger partial charge in [-0.25, -0.2) is 14.6 Å². The van der Waals surface area contributed by atoms with Gasteiger partial charge >= 0.3 is 0 Å². The van der Waals surface area contributed by atoms with Crippen molar-refractivity contribution in [2.45, 2.75) is 83.6 Å². The van der Waals surface area contributed by atoms with Crippen molar-refractivity contribution in [3.8, 4) is 17.6 Å². The summed E-state index contributed by atoms with van der Waals surface area (Å²) < 4.78 is 42.6. The van der Waals surface area contributed by atoms with Crippen LogP contribution >= 0.6 is 8.53 Å². The first-order valence-corrected chi connectivity index (χ1v) is 21.1. The number of nitrogens with zero attached hydrogens (tertiary/aromatic N) is 7. The van der Waals surface area contributed by atoms with Crippen LogP contribution in [0.25, 0.3) is 11.2 Å². The Balaban J connectivity index is 1.44. The van der Waals surface area contributed by atoms with Crippen LogP contribution in [-0.4, -0.2) is 101 Å². The summed E-state index contributed by atoms with van der Waals surface area (Å²) in [6.45, 7) is 10.5. The number of hydrogen-bond donors (Lipinski definition) is 1. The summed E-state index contributed by atoms with van der Waals surface area (Å²) in [5.41, 5.74) is 1.56. The molecule has 60 heavy (non-hydrogen) atoms. The third-order valence-electron chi connectivity index (χ3n) is 10.4. The molecule has 1 N–H and O–H groups in total. The lowest BCUT2D eigenvalue weighted by atomic mass is 9.80. The number of fused-ring (bicyclic) bond motifs is 1. The molecule has 1 fully saturated rings. The highest BCUT2D eigenvalue weighted by atomic mass is 31.2. The SMILES string of the molecule is COc1ccc(C(OC[C@H]2O[C@@H](n3cnc4nc(N=C(C)N(C)C)[nH]c(=O)c43)C[C@@H]2OP(OCCC#N)N(C(C)C)C(C)C)(c2ccccc2)c2ccc(OC)cc2)cc1. The zero-order valence-corrected chi connectivity index (χ0v) is 36.6. The Bertz CT molecular complexity index is 2240. The molecule has 318 valence electrons. The van der Waals surface area contributed by atoms with E-state index in [4.69, 9.17) is 28.0 Å². The molecule has 16 heteroatoms. The van der Waals surface area contributed by atoms with E-state index in [-0.39, 0.29) is 48.8 Å². The Morgan fingerprint density at radius 3 is 2.13 bits per heavy atom. The van der Waals surface area contributed by atoms with Crippen LogP contribution in [0.15, 0.2) is 95.0 Å². The van der Waals surface area contributed by atoms with Crippen molar-refractivity contribution in [2.24, 2.45) is 4.99 Å². The van der Waals surface area contributed by atoms with Gasteiger partial charge in [-0.15, -0.1) is 0 Å². The topological polar surface area (TPSA) is 162 Å². The predicted octanol–water partition coefficient (Wildman–Crippen LogP) is 7.71. The minimum atomic E-state index is -1.67. The summed E-state index contributed by atoms with van der Waals surface area (Å²) in [7, 11) is 5.32. The number of aromatic amines is 1. The fourth-order valence-electron chi connectivity index (χ4n) is 7.29. The predicted molar refractivity (Wildman–Crippen MR) is 231 cm³/mol. The van der Waals surface area contributed by atoms with E-state index in [0.717, 1.165) is 16.7 Å². The maximum atomic E-state index is 13.7. The normalized spacial score (nSPS) is 17.7. The fraction of sp³-hybridized carbons (Fsp3) is 0.432. The summed E-state index contributed by atoms with van der Waals surface area (Å²) in [5.74, 6) is 2.24. The van der Waals surface area contributed by atoms with Gasteiger partial charge in [-0.1, -0.05) is 54.6 Å². The maximum absolute atomic E-state index is 13.7. The fourth-order valence-corrected chi connectivity index (χ4v) is 9.05. The second-order valence-corrected chi connectivity index (χ2v) is 16.5. The maximum Gasteiger partial charge on any atom is 0.278 e. The number of nitrogens with one attached hydrogen (secondary N) is 1. The number of nitriles is 1. The van der Waals surface area contributed by atoms with Crippen LogP contribution in [0.1, 0.15) is 70.4 Å². The van der Waals surface area contributed by atoms with Gasteiger partial charge in [-0.05, 0) is 75.6 Å². The quantitative estimate of drug-likeness (QED) is 0.0301. The Labute approximate surface area is 352 Å². The molecule has 4 atom stereocenters. The molecule has 1 saturated heterocycles. The van der Waals surface area contributed by atoms with E-state index in [9.17, 15) is 10.1 Å². The van der Waals surface area contributed by atoms with E-state index in [2.05, 4.69) is 58.4 Å². The molecule has 2 aromatic heterocycles. The van der Waals surface area contributed by atoms with E-state index in [1.54, 1.807) is 25.1 Å². The van der Waals surface area contributed by atoms with E-state index < -0.39 is 38.1 Å². The Kier molecular flexibility index (Phi) is 14.7. The van der Waals surface area contributed by atoms with Crippen molar-refractivity contribution < 1.29 is 28.0 Å². The van der Waals surface area contributed by atoms with Crippen LogP contribution in [0.5, 0.6) is 11.5 Å². The number of methoxy groups -OCH3 is 2. The zero-order chi connectivity index (χ0) is 43.0. The summed E-state index contributed by atoms with van der Waals surface area (Å²) >= 11 is 0. The highest BCUT2D eigenvalue weighted by Gasteiger charge is 2.45. The monoisotopic (exact) mass is 838 g/mol. The van der Waals surface area contributed by atoms with Gasteiger partial charge in [0.25, 0.3) is 14.1 Å². The van der Waals surface area contributed by atoms with Gasteiger partial charge in [0.15, 0.2) is 11.2 Å². The van der Waals surface area contributed by atoms with Gasteiger partial charge in [0.1, 0.15) is 35.3 Å². The molecule has 0 aliphatic carbocycles. The van der Waals surface area contributed by atoms with Crippen LogP contribution in [0.2, 0.25) is 0 Å². The molecule has 3 heterocycles. The standard InChI is InChI=1S/C44H55N8O7P/c1-29(2)52(30(3)4)60(57-25-13-24-45)59-37-26-39(51-28-46-41-40(51)42(53)49-43(48-41)47-31(5)50(6)7)58-38(37)27-56-44(32-14-11-10-12-15-32,33-16-20-35(54-8)21-17-33)34-18-22-36(55-9)23-19-34/h10-12,14-23,28-30,37-39H,13,25-27H2,1-9H3,(H,48,49,53)/t37-,38+,39+,60?/m0/s1. The smallest absolute Gasteiger partial charge is 0.278 e. The molecule has 0 spiro atoms. The number of aliphatic imine (C=N–C) groups is 1. The van der Waals surface area contributed by atoms with Crippen molar-refractivity contribution in [2.75, 3.05) is 41.5 Å². The number of aromatic nitrogens is 4. The second-order valence-electron chi connectivity index (χ2n) is 15.1. The highest BCUT2D eigenvalue weighted by Crippen LogP contribution is 2.51. The Morgan fingerprint density at radius 2 is 1.58 bits per heavy atom. The number of benzene rings is 3. The number of ether oxygens (including phenoxy) is 4. The molecule has 5 aromatic rings. The molecule has 3 aromatic carbocycles. The minimum absolute atomic E-state index is 0.0583. The Hall–Kier alpha value is -5.20. The summed E-state index contributed by atoms with van der Waals surface area (Å²) in [5, 5.41) is 9.40. The molecule has 1 aliphatic rings. The Morgan fingerprint density at radius 1 is 0.983 bits per heavy atom. The van der Waals surface area contributed by atoms with Crippen molar-refractivity contribution in [1.29, 1.82) is 5.26 Å². The summed E-state index contributed by atoms with van der Waals surface area (Å²) in [6.07, 6.45) is 0.157. The van der Waals surface area contributed by atoms with Gasteiger partial charge in [0.2, 0.25) is 5.95 Å². The van der Waals surface area contributed by atoms with Gasteiger partial charge in [-0.3, -0.25) is 14.3 Å². The number of amidine groups is 1. The van der Waals surface area contributed by atoms with Crippen molar-refractivity contribution in [3.05, 3.63) is 112 Å². The van der Waals surface area contributed by atoms with Crippen molar-refractivity contribution >= 4 is 31.5 Å².